The molecule has 1 aliphatic carbocycles. The van der Waals surface area contributed by atoms with E-state index in [4.69, 9.17) is 0 Å². The van der Waals surface area contributed by atoms with Crippen LogP contribution in [0, 0.1) is 0 Å². The Kier molecular flexibility index (Phi) is 3.76. The Bertz CT molecular complexity index is 548. The molecule has 2 heterocycles. The summed E-state index contributed by atoms with van der Waals surface area (Å²) >= 11 is 0. The minimum absolute atomic E-state index is 0.392. The van der Waals surface area contributed by atoms with E-state index in [-0.39, 0.29) is 0 Å². The van der Waals surface area contributed by atoms with Gasteiger partial charge >= 0.3 is 0 Å². The predicted molar refractivity (Wildman–Crippen MR) is 79.7 cm³/mol. The van der Waals surface area contributed by atoms with Gasteiger partial charge in [0.1, 0.15) is 0 Å². The van der Waals surface area contributed by atoms with E-state index in [1.807, 2.05) is 17.1 Å². The first-order chi connectivity index (χ1) is 9.74. The van der Waals surface area contributed by atoms with E-state index in [2.05, 4.69) is 46.3 Å². The summed E-state index contributed by atoms with van der Waals surface area (Å²) in [5.74, 6) is 0. The number of aromatic nitrogens is 4. The Morgan fingerprint density at radius 3 is 2.85 bits per heavy atom. The third kappa shape index (κ3) is 2.71. The molecule has 20 heavy (non-hydrogen) atoms. The molecule has 0 radical (unpaired) electrons. The summed E-state index contributed by atoms with van der Waals surface area (Å²) in [6.07, 6.45) is 11.1. The van der Waals surface area contributed by atoms with Gasteiger partial charge in [0.05, 0.1) is 30.2 Å². The lowest BCUT2D eigenvalue weighted by Gasteiger charge is -2.11. The van der Waals surface area contributed by atoms with E-state index >= 15 is 0 Å². The van der Waals surface area contributed by atoms with Crippen LogP contribution in [0.1, 0.15) is 57.3 Å². The molecule has 0 atom stereocenters. The third-order valence-corrected chi connectivity index (χ3v) is 4.02. The molecule has 1 fully saturated rings. The molecular weight excluding hydrogens is 250 g/mol. The summed E-state index contributed by atoms with van der Waals surface area (Å²) in [6.45, 7) is 5.08. The van der Waals surface area contributed by atoms with Gasteiger partial charge in [0, 0.05) is 18.4 Å². The van der Waals surface area contributed by atoms with Gasteiger partial charge in [-0.3, -0.25) is 9.36 Å². The van der Waals surface area contributed by atoms with Crippen LogP contribution in [-0.2, 0) is 6.54 Å². The van der Waals surface area contributed by atoms with Gasteiger partial charge in [-0.1, -0.05) is 12.8 Å². The maximum absolute atomic E-state index is 4.49. The van der Waals surface area contributed by atoms with Crippen molar-refractivity contribution in [1.82, 2.24) is 19.6 Å². The maximum atomic E-state index is 4.49. The number of rotatable bonds is 5. The molecule has 1 aliphatic rings. The summed E-state index contributed by atoms with van der Waals surface area (Å²) < 4.78 is 4.17. The van der Waals surface area contributed by atoms with E-state index in [0.29, 0.717) is 12.1 Å². The average Bonchev–Trinajstić information content (AvgIpc) is 3.16. The molecule has 1 N–H and O–H groups in total. The Morgan fingerprint density at radius 2 is 2.10 bits per heavy atom. The highest BCUT2D eigenvalue weighted by Gasteiger charge is 2.17. The Labute approximate surface area is 120 Å². The third-order valence-electron chi connectivity index (χ3n) is 4.02. The zero-order valence-electron chi connectivity index (χ0n) is 12.3. The molecule has 2 aromatic heterocycles. The van der Waals surface area contributed by atoms with Gasteiger partial charge in [-0.05, 0) is 32.8 Å². The molecule has 1 saturated carbocycles. The second-order valence-corrected chi connectivity index (χ2v) is 5.86. The molecule has 0 unspecified atom stereocenters. The molecule has 5 heteroatoms. The van der Waals surface area contributed by atoms with Crippen molar-refractivity contribution in [2.75, 3.05) is 5.32 Å². The molecule has 5 nitrogen and oxygen atoms in total. The highest BCUT2D eigenvalue weighted by Crippen LogP contribution is 2.29. The summed E-state index contributed by atoms with van der Waals surface area (Å²) in [6, 6.07) is 3.06. The zero-order chi connectivity index (χ0) is 13.9. The van der Waals surface area contributed by atoms with E-state index in [1.165, 1.54) is 31.4 Å². The van der Waals surface area contributed by atoms with Gasteiger partial charge in [0.15, 0.2) is 0 Å². The minimum atomic E-state index is 0.392. The van der Waals surface area contributed by atoms with E-state index in [0.717, 1.165) is 12.2 Å². The van der Waals surface area contributed by atoms with Crippen molar-refractivity contribution in [1.29, 1.82) is 0 Å². The first kappa shape index (κ1) is 13.2. The molecule has 0 spiro atoms. The van der Waals surface area contributed by atoms with Crippen LogP contribution in [0.3, 0.4) is 0 Å². The topological polar surface area (TPSA) is 47.7 Å². The van der Waals surface area contributed by atoms with Crippen LogP contribution in [0.15, 0.2) is 24.7 Å². The average molecular weight is 273 g/mol. The lowest BCUT2D eigenvalue weighted by molar-refractivity contribution is 0.467. The smallest absolute Gasteiger partial charge is 0.0729 e. The molecule has 0 aromatic carbocycles. The number of nitrogens with one attached hydrogen (secondary N) is 1. The van der Waals surface area contributed by atoms with E-state index < -0.39 is 0 Å². The lowest BCUT2D eigenvalue weighted by atomic mass is 10.3. The van der Waals surface area contributed by atoms with Crippen molar-refractivity contribution in [3.05, 3.63) is 30.4 Å². The summed E-state index contributed by atoms with van der Waals surface area (Å²) in [4.78, 5) is 0. The Hall–Kier alpha value is -1.78. The summed E-state index contributed by atoms with van der Waals surface area (Å²) in [5.41, 5.74) is 2.29. The van der Waals surface area contributed by atoms with Crippen LogP contribution in [0.5, 0.6) is 0 Å². The Balaban J connectivity index is 1.62. The van der Waals surface area contributed by atoms with Gasteiger partial charge in [-0.25, -0.2) is 0 Å². The van der Waals surface area contributed by atoms with Crippen LogP contribution in [0.25, 0.3) is 0 Å². The van der Waals surface area contributed by atoms with Crippen LogP contribution >= 0.6 is 0 Å². The molecule has 0 aliphatic heterocycles. The predicted octanol–water partition coefficient (Wildman–Crippen LogP) is 3.39. The van der Waals surface area contributed by atoms with Crippen LogP contribution < -0.4 is 5.32 Å². The molecule has 3 rings (SSSR count). The number of anilines is 1. The zero-order valence-corrected chi connectivity index (χ0v) is 12.3. The molecule has 0 amide bonds. The minimum Gasteiger partial charge on any atom is -0.377 e. The number of hydrogen-bond donors (Lipinski definition) is 1. The monoisotopic (exact) mass is 273 g/mol. The van der Waals surface area contributed by atoms with Crippen LogP contribution in [-0.4, -0.2) is 19.6 Å². The molecule has 2 aromatic rings. The number of nitrogens with zero attached hydrogens (tertiary/aromatic N) is 4. The van der Waals surface area contributed by atoms with Gasteiger partial charge in [-0.2, -0.15) is 10.2 Å². The second kappa shape index (κ2) is 5.69. The quantitative estimate of drug-likeness (QED) is 0.908. The molecule has 0 saturated heterocycles. The first-order valence-corrected chi connectivity index (χ1v) is 7.54. The molecule has 0 bridgehead atoms. The fraction of sp³-hybridized carbons (Fsp3) is 0.600. The highest BCUT2D eigenvalue weighted by molar-refractivity contribution is 5.38. The van der Waals surface area contributed by atoms with Crippen molar-refractivity contribution in [3.8, 4) is 0 Å². The first-order valence-electron chi connectivity index (χ1n) is 7.54. The van der Waals surface area contributed by atoms with Crippen LogP contribution in [0.2, 0.25) is 0 Å². The van der Waals surface area contributed by atoms with Crippen molar-refractivity contribution < 1.29 is 0 Å². The fourth-order valence-electron chi connectivity index (χ4n) is 2.94. The van der Waals surface area contributed by atoms with Crippen molar-refractivity contribution in [3.63, 3.8) is 0 Å². The SMILES string of the molecule is CC(C)n1nccc1CNc1cnn(C2CCCC2)c1. The van der Waals surface area contributed by atoms with Crippen molar-refractivity contribution in [2.24, 2.45) is 0 Å². The Morgan fingerprint density at radius 1 is 1.30 bits per heavy atom. The van der Waals surface area contributed by atoms with Crippen molar-refractivity contribution in [2.45, 2.75) is 58.2 Å². The number of hydrogen-bond acceptors (Lipinski definition) is 3. The van der Waals surface area contributed by atoms with E-state index in [9.17, 15) is 0 Å². The summed E-state index contributed by atoms with van der Waals surface area (Å²) in [7, 11) is 0. The molecular formula is C15H23N5. The van der Waals surface area contributed by atoms with Gasteiger partial charge in [0.25, 0.3) is 0 Å². The lowest BCUT2D eigenvalue weighted by Crippen LogP contribution is -2.10. The largest absolute Gasteiger partial charge is 0.377 e. The van der Waals surface area contributed by atoms with Gasteiger partial charge in [0.2, 0.25) is 0 Å². The fourth-order valence-corrected chi connectivity index (χ4v) is 2.94. The second-order valence-electron chi connectivity index (χ2n) is 5.86. The summed E-state index contributed by atoms with van der Waals surface area (Å²) in [5, 5.41) is 12.3. The van der Waals surface area contributed by atoms with Gasteiger partial charge in [-0.15, -0.1) is 0 Å². The normalized spacial score (nSPS) is 16.1. The highest BCUT2D eigenvalue weighted by atomic mass is 15.3. The van der Waals surface area contributed by atoms with Gasteiger partial charge < -0.3 is 5.32 Å². The standard InChI is InChI=1S/C15H23N5/c1-12(2)20-15(7-8-17-20)10-16-13-9-18-19(11-13)14-5-3-4-6-14/h7-9,11-12,14,16H,3-6,10H2,1-2H3. The molecule has 108 valence electrons. The van der Waals surface area contributed by atoms with Crippen LogP contribution in [0.4, 0.5) is 5.69 Å². The van der Waals surface area contributed by atoms with Crippen molar-refractivity contribution >= 4 is 5.69 Å². The van der Waals surface area contributed by atoms with E-state index in [1.54, 1.807) is 0 Å². The maximum Gasteiger partial charge on any atom is 0.0729 e.